The molecule has 1 aromatic rings. The van der Waals surface area contributed by atoms with Crippen LogP contribution < -0.4 is 4.74 Å². The van der Waals surface area contributed by atoms with Crippen LogP contribution >= 0.6 is 0 Å². The lowest BCUT2D eigenvalue weighted by molar-refractivity contribution is 0.219. The average Bonchev–Trinajstić information content (AvgIpc) is 2.30. The predicted molar refractivity (Wildman–Crippen MR) is 61.3 cm³/mol. The van der Waals surface area contributed by atoms with Gasteiger partial charge < -0.3 is 4.74 Å². The van der Waals surface area contributed by atoms with E-state index < -0.39 is 17.4 Å². The zero-order valence-electron chi connectivity index (χ0n) is 9.87. The molecular formula is C13H10F2N2O. The fourth-order valence-corrected chi connectivity index (χ4v) is 1.27. The fourth-order valence-electron chi connectivity index (χ4n) is 1.27. The Morgan fingerprint density at radius 1 is 1.22 bits per heavy atom. The smallest absolute Gasteiger partial charge is 0.191 e. The minimum atomic E-state index is -0.870. The summed E-state index contributed by atoms with van der Waals surface area (Å²) >= 11 is 0. The first-order chi connectivity index (χ1) is 8.47. The Kier molecular flexibility index (Phi) is 4.39. The van der Waals surface area contributed by atoms with Gasteiger partial charge in [-0.2, -0.15) is 10.5 Å². The Bertz CT molecular complexity index is 526. The largest absolute Gasteiger partial charge is 0.485 e. The second-order valence-corrected chi connectivity index (χ2v) is 3.76. The second kappa shape index (κ2) is 5.79. The summed E-state index contributed by atoms with van der Waals surface area (Å²) in [4.78, 5) is 0. The molecule has 5 heteroatoms. The number of hydrogen-bond donors (Lipinski definition) is 0. The summed E-state index contributed by atoms with van der Waals surface area (Å²) in [7, 11) is 0. The van der Waals surface area contributed by atoms with E-state index >= 15 is 0 Å². The maximum atomic E-state index is 13.6. The van der Waals surface area contributed by atoms with E-state index in [9.17, 15) is 8.78 Å². The molecule has 0 N–H and O–H groups in total. The molecule has 0 radical (unpaired) electrons. The third-order valence-corrected chi connectivity index (χ3v) is 1.93. The van der Waals surface area contributed by atoms with Crippen LogP contribution in [-0.4, -0.2) is 6.10 Å². The number of halogens is 2. The lowest BCUT2D eigenvalue weighted by Crippen LogP contribution is -2.08. The van der Waals surface area contributed by atoms with Gasteiger partial charge in [-0.15, -0.1) is 0 Å². The first-order valence-electron chi connectivity index (χ1n) is 5.15. The van der Waals surface area contributed by atoms with Crippen molar-refractivity contribution in [2.45, 2.75) is 20.0 Å². The molecule has 0 amide bonds. The van der Waals surface area contributed by atoms with Gasteiger partial charge in [-0.05, 0) is 37.6 Å². The van der Waals surface area contributed by atoms with Crippen LogP contribution in [0.3, 0.4) is 0 Å². The van der Waals surface area contributed by atoms with Crippen molar-refractivity contribution in [1.82, 2.24) is 0 Å². The SMILES string of the molecule is CC(C)Oc1c(F)cc(C=C(C#N)C#N)cc1F. The summed E-state index contributed by atoms with van der Waals surface area (Å²) < 4.78 is 32.1. The molecule has 0 fully saturated rings. The molecule has 1 aromatic carbocycles. The van der Waals surface area contributed by atoms with E-state index in [1.165, 1.54) is 0 Å². The number of nitrogens with zero attached hydrogens (tertiary/aromatic N) is 2. The zero-order valence-corrected chi connectivity index (χ0v) is 9.87. The monoisotopic (exact) mass is 248 g/mol. The molecule has 1 rings (SSSR count). The molecule has 0 aliphatic rings. The highest BCUT2D eigenvalue weighted by Gasteiger charge is 2.13. The van der Waals surface area contributed by atoms with Crippen molar-refractivity contribution in [2.24, 2.45) is 0 Å². The normalized spacial score (nSPS) is 9.50. The van der Waals surface area contributed by atoms with Crippen LogP contribution in [0.5, 0.6) is 5.75 Å². The van der Waals surface area contributed by atoms with Crippen molar-refractivity contribution >= 4 is 6.08 Å². The van der Waals surface area contributed by atoms with Gasteiger partial charge in [0.15, 0.2) is 17.4 Å². The Hall–Kier alpha value is -2.40. The van der Waals surface area contributed by atoms with Gasteiger partial charge in [-0.1, -0.05) is 0 Å². The highest BCUT2D eigenvalue weighted by atomic mass is 19.1. The van der Waals surface area contributed by atoms with E-state index in [0.717, 1.165) is 18.2 Å². The van der Waals surface area contributed by atoms with Gasteiger partial charge in [0.05, 0.1) is 6.10 Å². The van der Waals surface area contributed by atoms with E-state index in [2.05, 4.69) is 0 Å². The van der Waals surface area contributed by atoms with Crippen molar-refractivity contribution < 1.29 is 13.5 Å². The van der Waals surface area contributed by atoms with Gasteiger partial charge in [-0.3, -0.25) is 0 Å². The number of hydrogen-bond acceptors (Lipinski definition) is 3. The molecule has 0 aliphatic carbocycles. The molecule has 92 valence electrons. The fraction of sp³-hybridized carbons (Fsp3) is 0.231. The van der Waals surface area contributed by atoms with Crippen molar-refractivity contribution in [2.75, 3.05) is 0 Å². The summed E-state index contributed by atoms with van der Waals surface area (Å²) in [5.41, 5.74) is -0.134. The standard InChI is InChI=1S/C13H10F2N2O/c1-8(2)18-13-11(14)4-9(5-12(13)15)3-10(6-16)7-17/h3-5,8H,1-2H3. The summed E-state index contributed by atoms with van der Waals surface area (Å²) in [6.45, 7) is 3.30. The van der Waals surface area contributed by atoms with Crippen molar-refractivity contribution in [3.8, 4) is 17.9 Å². The summed E-state index contributed by atoms with van der Waals surface area (Å²) in [6, 6.07) is 5.24. The van der Waals surface area contributed by atoms with Gasteiger partial charge in [-0.25, -0.2) is 8.78 Å². The van der Waals surface area contributed by atoms with Crippen molar-refractivity contribution in [3.63, 3.8) is 0 Å². The molecule has 0 aliphatic heterocycles. The van der Waals surface area contributed by atoms with Crippen LogP contribution in [0.2, 0.25) is 0 Å². The van der Waals surface area contributed by atoms with Crippen LogP contribution in [0, 0.1) is 34.3 Å². The Morgan fingerprint density at radius 2 is 1.72 bits per heavy atom. The first kappa shape index (κ1) is 13.7. The molecule has 18 heavy (non-hydrogen) atoms. The van der Waals surface area contributed by atoms with Gasteiger partial charge in [0.1, 0.15) is 17.7 Å². The summed E-state index contributed by atoms with van der Waals surface area (Å²) in [5.74, 6) is -2.20. The van der Waals surface area contributed by atoms with E-state index in [0.29, 0.717) is 0 Å². The Labute approximate surface area is 104 Å². The van der Waals surface area contributed by atoms with Gasteiger partial charge in [0.2, 0.25) is 0 Å². The predicted octanol–water partition coefficient (Wildman–Crippen LogP) is 3.18. The molecule has 0 atom stereocenters. The van der Waals surface area contributed by atoms with Gasteiger partial charge in [0.25, 0.3) is 0 Å². The summed E-state index contributed by atoms with van der Waals surface area (Å²) in [6.07, 6.45) is 0.745. The number of ether oxygens (including phenoxy) is 1. The van der Waals surface area contributed by atoms with E-state index in [1.807, 2.05) is 0 Å². The van der Waals surface area contributed by atoms with Crippen molar-refractivity contribution in [3.05, 3.63) is 34.9 Å². The van der Waals surface area contributed by atoms with Gasteiger partial charge in [0, 0.05) is 0 Å². The molecule has 0 bridgehead atoms. The molecule has 3 nitrogen and oxygen atoms in total. The first-order valence-corrected chi connectivity index (χ1v) is 5.15. The maximum Gasteiger partial charge on any atom is 0.191 e. The average molecular weight is 248 g/mol. The topological polar surface area (TPSA) is 56.8 Å². The number of rotatable bonds is 3. The molecular weight excluding hydrogens is 238 g/mol. The maximum absolute atomic E-state index is 13.6. The molecule has 0 spiro atoms. The molecule has 0 saturated carbocycles. The second-order valence-electron chi connectivity index (χ2n) is 3.76. The lowest BCUT2D eigenvalue weighted by Gasteiger charge is -2.11. The molecule has 0 saturated heterocycles. The van der Waals surface area contributed by atoms with Crippen LogP contribution in [0.4, 0.5) is 8.78 Å². The van der Waals surface area contributed by atoms with Crippen LogP contribution in [0.25, 0.3) is 6.08 Å². The quantitative estimate of drug-likeness (QED) is 0.772. The van der Waals surface area contributed by atoms with E-state index in [4.69, 9.17) is 15.3 Å². The van der Waals surface area contributed by atoms with E-state index in [-0.39, 0.29) is 17.2 Å². The number of allylic oxidation sites excluding steroid dienone is 1. The van der Waals surface area contributed by atoms with Crippen LogP contribution in [-0.2, 0) is 0 Å². The highest BCUT2D eigenvalue weighted by molar-refractivity contribution is 5.62. The zero-order chi connectivity index (χ0) is 13.7. The highest BCUT2D eigenvalue weighted by Crippen LogP contribution is 2.25. The van der Waals surface area contributed by atoms with Crippen LogP contribution in [0.15, 0.2) is 17.7 Å². The summed E-state index contributed by atoms with van der Waals surface area (Å²) in [5, 5.41) is 17.1. The van der Waals surface area contributed by atoms with Crippen molar-refractivity contribution in [1.29, 1.82) is 10.5 Å². The molecule has 0 unspecified atom stereocenters. The number of nitriles is 2. The van der Waals surface area contributed by atoms with E-state index in [1.54, 1.807) is 26.0 Å². The minimum absolute atomic E-state index is 0.0965. The number of benzene rings is 1. The molecule has 0 aromatic heterocycles. The minimum Gasteiger partial charge on any atom is -0.485 e. The van der Waals surface area contributed by atoms with Crippen LogP contribution in [0.1, 0.15) is 19.4 Å². The Balaban J connectivity index is 3.20. The van der Waals surface area contributed by atoms with Gasteiger partial charge >= 0.3 is 0 Å². The Morgan fingerprint density at radius 3 is 2.11 bits per heavy atom. The lowest BCUT2D eigenvalue weighted by atomic mass is 10.1. The molecule has 0 heterocycles. The third-order valence-electron chi connectivity index (χ3n) is 1.93. The third kappa shape index (κ3) is 3.29.